The molecular weight excluding hydrogens is 153 g/mol. The smallest absolute Gasteiger partial charge is 0.422 e. The van der Waals surface area contributed by atoms with Crippen molar-refractivity contribution >= 4 is 29.6 Å². The van der Waals surface area contributed by atoms with Crippen molar-refractivity contribution in [2.45, 2.75) is 0 Å². The number of carbonyl (C=O) groups is 1. The number of carbonyl (C=O) groups excluding carboxylic acids is 1. The number of thiazole rings is 1. The summed E-state index contributed by atoms with van der Waals surface area (Å²) in [5.74, 6) is 0. The van der Waals surface area contributed by atoms with Gasteiger partial charge in [0.05, 0.1) is 4.88 Å². The predicted octanol–water partition coefficient (Wildman–Crippen LogP) is -1.36. The third kappa shape index (κ3) is 1.41. The topological polar surface area (TPSA) is 70.4 Å². The van der Waals surface area contributed by atoms with E-state index in [9.17, 15) is 4.79 Å². The molecule has 52 valence electrons. The first kappa shape index (κ1) is 7.39. The van der Waals surface area contributed by atoms with Crippen LogP contribution in [0.4, 0.5) is 0 Å². The van der Waals surface area contributed by atoms with E-state index in [1.807, 2.05) is 0 Å². The summed E-state index contributed by atoms with van der Waals surface area (Å²) in [6.45, 7) is 0. The first-order valence-electron chi connectivity index (χ1n) is 2.51. The Labute approximate surface area is 61.3 Å². The summed E-state index contributed by atoms with van der Waals surface area (Å²) in [5.41, 5.74) is 0. The highest BCUT2D eigenvalue weighted by Gasteiger charge is 2.15. The van der Waals surface area contributed by atoms with Gasteiger partial charge in [-0.2, -0.15) is 0 Å². The molecule has 0 amide bonds. The van der Waals surface area contributed by atoms with Gasteiger partial charge in [0.1, 0.15) is 4.91 Å². The van der Waals surface area contributed by atoms with E-state index in [2.05, 4.69) is 4.98 Å². The van der Waals surface area contributed by atoms with Gasteiger partial charge >= 0.3 is 7.12 Å². The van der Waals surface area contributed by atoms with Gasteiger partial charge < -0.3 is 10.0 Å². The number of hydrogen-bond acceptors (Lipinski definition) is 5. The fourth-order valence-corrected chi connectivity index (χ4v) is 1.08. The van der Waals surface area contributed by atoms with E-state index < -0.39 is 7.12 Å². The van der Waals surface area contributed by atoms with Crippen LogP contribution in [0, 0.1) is 0 Å². The number of hydrogen-bond donors (Lipinski definition) is 2. The van der Waals surface area contributed by atoms with Gasteiger partial charge in [-0.1, -0.05) is 0 Å². The van der Waals surface area contributed by atoms with Crippen molar-refractivity contribution in [1.29, 1.82) is 0 Å². The second kappa shape index (κ2) is 2.91. The van der Waals surface area contributed by atoms with Gasteiger partial charge in [-0.25, -0.2) is 0 Å². The molecule has 10 heavy (non-hydrogen) atoms. The van der Waals surface area contributed by atoms with Crippen LogP contribution in [0.5, 0.6) is 0 Å². The molecule has 1 aromatic rings. The first-order chi connectivity index (χ1) is 4.74. The maximum Gasteiger partial charge on any atom is 0.519 e. The largest absolute Gasteiger partial charge is 0.519 e. The molecule has 0 bridgehead atoms. The molecule has 0 aliphatic rings. The average Bonchev–Trinajstić information content (AvgIpc) is 2.34. The summed E-state index contributed by atoms with van der Waals surface area (Å²) in [6, 6.07) is 0. The molecule has 1 rings (SSSR count). The lowest BCUT2D eigenvalue weighted by atomic mass is 9.94. The molecule has 2 N–H and O–H groups in total. The zero-order valence-electron chi connectivity index (χ0n) is 4.89. The second-order valence-electron chi connectivity index (χ2n) is 1.59. The summed E-state index contributed by atoms with van der Waals surface area (Å²) in [4.78, 5) is 14.2. The Morgan fingerprint density at radius 2 is 2.40 bits per heavy atom. The Morgan fingerprint density at radius 1 is 1.70 bits per heavy atom. The van der Waals surface area contributed by atoms with Gasteiger partial charge in [-0.3, -0.25) is 9.78 Å². The Balaban J connectivity index is 2.88. The molecule has 0 aliphatic carbocycles. The SMILES string of the molecule is O=Cc1cnc(B(O)O)s1. The summed E-state index contributed by atoms with van der Waals surface area (Å²) in [5, 5.41) is 17.0. The Bertz CT molecular complexity index is 236. The minimum absolute atomic E-state index is 0.141. The Hall–Kier alpha value is -0.715. The Morgan fingerprint density at radius 3 is 2.70 bits per heavy atom. The number of nitrogens with zero attached hydrogens (tertiary/aromatic N) is 1. The van der Waals surface area contributed by atoms with E-state index >= 15 is 0 Å². The molecule has 4 nitrogen and oxygen atoms in total. The first-order valence-corrected chi connectivity index (χ1v) is 3.32. The molecule has 0 saturated carbocycles. The van der Waals surface area contributed by atoms with Gasteiger partial charge in [0.15, 0.2) is 6.29 Å². The minimum Gasteiger partial charge on any atom is -0.422 e. The van der Waals surface area contributed by atoms with Crippen LogP contribution in [-0.4, -0.2) is 28.4 Å². The quantitative estimate of drug-likeness (QED) is 0.410. The van der Waals surface area contributed by atoms with E-state index in [1.54, 1.807) is 0 Å². The highest BCUT2D eigenvalue weighted by Crippen LogP contribution is 1.98. The molecule has 0 fully saturated rings. The normalized spacial score (nSPS) is 9.40. The molecule has 0 saturated heterocycles. The van der Waals surface area contributed by atoms with E-state index in [1.165, 1.54) is 6.20 Å². The fraction of sp³-hybridized carbons (Fsp3) is 0. The number of rotatable bonds is 2. The maximum atomic E-state index is 10.0. The van der Waals surface area contributed by atoms with Crippen molar-refractivity contribution in [1.82, 2.24) is 4.98 Å². The van der Waals surface area contributed by atoms with Crippen molar-refractivity contribution in [3.8, 4) is 0 Å². The van der Waals surface area contributed by atoms with Crippen LogP contribution < -0.4 is 4.91 Å². The highest BCUT2D eigenvalue weighted by atomic mass is 32.1. The lowest BCUT2D eigenvalue weighted by Gasteiger charge is -1.86. The minimum atomic E-state index is -1.57. The summed E-state index contributed by atoms with van der Waals surface area (Å²) in [7, 11) is -1.57. The molecule has 0 unspecified atom stereocenters. The average molecular weight is 157 g/mol. The molecule has 0 aliphatic heterocycles. The zero-order valence-corrected chi connectivity index (χ0v) is 5.71. The van der Waals surface area contributed by atoms with E-state index in [0.29, 0.717) is 11.2 Å². The van der Waals surface area contributed by atoms with Gasteiger partial charge in [0.25, 0.3) is 0 Å². The predicted molar refractivity (Wildman–Crippen MR) is 37.3 cm³/mol. The van der Waals surface area contributed by atoms with E-state index in [4.69, 9.17) is 10.0 Å². The summed E-state index contributed by atoms with van der Waals surface area (Å²) in [6.07, 6.45) is 1.91. The molecule has 1 heterocycles. The molecule has 0 spiro atoms. The van der Waals surface area contributed by atoms with Crippen LogP contribution >= 0.6 is 11.3 Å². The van der Waals surface area contributed by atoms with Crippen LogP contribution in [0.2, 0.25) is 0 Å². The lowest BCUT2D eigenvalue weighted by molar-refractivity contribution is 0.112. The van der Waals surface area contributed by atoms with Gasteiger partial charge in [-0.05, 0) is 0 Å². The molecule has 0 atom stereocenters. The number of aromatic nitrogens is 1. The highest BCUT2D eigenvalue weighted by molar-refractivity contribution is 7.22. The van der Waals surface area contributed by atoms with Crippen molar-refractivity contribution in [3.05, 3.63) is 11.1 Å². The zero-order chi connectivity index (χ0) is 7.56. The maximum absolute atomic E-state index is 10.0. The lowest BCUT2D eigenvalue weighted by Crippen LogP contribution is -2.28. The standard InChI is InChI=1S/C4H4BNO3S/c7-2-3-1-6-4(10-3)5(8)9/h1-2,8-9H. The van der Waals surface area contributed by atoms with Crippen molar-refractivity contribution in [2.24, 2.45) is 0 Å². The number of aldehydes is 1. The third-order valence-electron chi connectivity index (χ3n) is 0.878. The molecule has 0 aromatic carbocycles. The Kier molecular flexibility index (Phi) is 2.15. The molecule has 0 radical (unpaired) electrons. The van der Waals surface area contributed by atoms with Gasteiger partial charge in [0.2, 0.25) is 0 Å². The summed E-state index contributed by atoms with van der Waals surface area (Å²) >= 11 is 0.962. The van der Waals surface area contributed by atoms with Crippen LogP contribution in [0.3, 0.4) is 0 Å². The van der Waals surface area contributed by atoms with Crippen LogP contribution in [0.1, 0.15) is 9.67 Å². The van der Waals surface area contributed by atoms with Crippen molar-refractivity contribution in [3.63, 3.8) is 0 Å². The van der Waals surface area contributed by atoms with E-state index in [-0.39, 0.29) is 4.91 Å². The van der Waals surface area contributed by atoms with Gasteiger partial charge in [0, 0.05) is 6.20 Å². The third-order valence-corrected chi connectivity index (χ3v) is 1.84. The van der Waals surface area contributed by atoms with E-state index in [0.717, 1.165) is 11.3 Å². The molecular formula is C4H4BNO3S. The fourth-order valence-electron chi connectivity index (χ4n) is 0.475. The second-order valence-corrected chi connectivity index (χ2v) is 2.69. The van der Waals surface area contributed by atoms with Crippen LogP contribution in [0.15, 0.2) is 6.20 Å². The monoisotopic (exact) mass is 157 g/mol. The molecule has 1 aromatic heterocycles. The van der Waals surface area contributed by atoms with Crippen molar-refractivity contribution < 1.29 is 14.8 Å². The van der Waals surface area contributed by atoms with Crippen LogP contribution in [0.25, 0.3) is 0 Å². The van der Waals surface area contributed by atoms with Crippen LogP contribution in [-0.2, 0) is 0 Å². The van der Waals surface area contributed by atoms with Crippen molar-refractivity contribution in [2.75, 3.05) is 0 Å². The van der Waals surface area contributed by atoms with Gasteiger partial charge in [-0.15, -0.1) is 11.3 Å². The summed E-state index contributed by atoms with van der Waals surface area (Å²) < 4.78 is 0. The molecule has 6 heteroatoms.